The van der Waals surface area contributed by atoms with Gasteiger partial charge in [-0.3, -0.25) is 4.79 Å². The zero-order chi connectivity index (χ0) is 32.3. The van der Waals surface area contributed by atoms with E-state index in [0.717, 1.165) is 6.42 Å². The molecule has 0 aliphatic carbocycles. The van der Waals surface area contributed by atoms with Gasteiger partial charge in [-0.15, -0.1) is 0 Å². The summed E-state index contributed by atoms with van der Waals surface area (Å²) >= 11 is 0. The molecule has 2 bridgehead atoms. The number of hydrogen-bond donors (Lipinski definition) is 4. The largest absolute Gasteiger partial charge is 0.465 e. The van der Waals surface area contributed by atoms with Crippen molar-refractivity contribution in [2.75, 3.05) is 24.2 Å². The second-order valence-corrected chi connectivity index (χ2v) is 14.6. The van der Waals surface area contributed by atoms with Crippen molar-refractivity contribution in [3.63, 3.8) is 0 Å². The minimum atomic E-state index is -3.43. The molecule has 2 aromatic rings. The van der Waals surface area contributed by atoms with E-state index in [1.807, 2.05) is 13.8 Å². The van der Waals surface area contributed by atoms with Crippen molar-refractivity contribution in [1.29, 1.82) is 0 Å². The zero-order valence-corrected chi connectivity index (χ0v) is 26.4. The number of amides is 2. The van der Waals surface area contributed by atoms with E-state index in [-0.39, 0.29) is 53.6 Å². The molecule has 45 heavy (non-hydrogen) atoms. The molecule has 3 heterocycles. The Bertz CT molecular complexity index is 1470. The molecule has 5 rings (SSSR count). The number of hydrogen-bond acceptors (Lipinski definition) is 6. The number of rotatable bonds is 9. The van der Waals surface area contributed by atoms with E-state index in [4.69, 9.17) is 4.74 Å². The monoisotopic (exact) mass is 648 g/mol. The van der Waals surface area contributed by atoms with E-state index in [0.29, 0.717) is 44.3 Å². The molecule has 0 radical (unpaired) electrons. The molecule has 2 aromatic carbocycles. The SMILES string of the molecule is C[C@@H]1C[C@H](C(c2ccc(F)cc2)[C@H](NC(=O)O)C(=O)Nc2cccc(F)c2CC[C@H]2CN[C@@H]3CCCS(=O)(=O)N2C3)C[C@H](C)O1. The second kappa shape index (κ2) is 14.1. The van der Waals surface area contributed by atoms with Gasteiger partial charge in [0.1, 0.15) is 17.7 Å². The molecule has 0 saturated carbocycles. The molecule has 4 N–H and O–H groups in total. The average molecular weight is 649 g/mol. The standard InChI is InChI=1S/C32H42F2N4O6S/c1-19-15-22(16-20(2)44-19)29(21-8-10-23(33)11-9-21)30(37-32(40)41)31(39)36-28-7-3-6-27(34)26(28)13-12-25-17-35-24-5-4-14-45(42,43)38(25)18-24/h3,6-11,19-20,22,24-25,29-30,35,37H,4-5,12-18H2,1-2H3,(H,36,39)(H,40,41)/t19-,20+,22+,24-,25+,29?,30+/m1/s1. The van der Waals surface area contributed by atoms with Crippen molar-refractivity contribution >= 4 is 27.7 Å². The molecule has 0 spiro atoms. The van der Waals surface area contributed by atoms with E-state index >= 15 is 4.39 Å². The van der Waals surface area contributed by atoms with Gasteiger partial charge < -0.3 is 25.8 Å². The molecule has 2 amide bonds. The van der Waals surface area contributed by atoms with Gasteiger partial charge in [0.15, 0.2) is 0 Å². The van der Waals surface area contributed by atoms with Crippen LogP contribution in [0.2, 0.25) is 0 Å². The van der Waals surface area contributed by atoms with Crippen LogP contribution in [-0.4, -0.2) is 79.0 Å². The second-order valence-electron chi connectivity index (χ2n) is 12.6. The Morgan fingerprint density at radius 3 is 2.51 bits per heavy atom. The molecule has 8 atom stereocenters. The van der Waals surface area contributed by atoms with Crippen molar-refractivity contribution < 1.29 is 36.6 Å². The molecule has 3 aliphatic rings. The highest BCUT2D eigenvalue weighted by Crippen LogP contribution is 2.39. The number of halogens is 2. The summed E-state index contributed by atoms with van der Waals surface area (Å²) in [6.45, 7) is 4.67. The molecular formula is C32H42F2N4O6S. The number of benzene rings is 2. The lowest BCUT2D eigenvalue weighted by Gasteiger charge is -2.40. The summed E-state index contributed by atoms with van der Waals surface area (Å²) in [4.78, 5) is 26.0. The van der Waals surface area contributed by atoms with Crippen LogP contribution in [0.3, 0.4) is 0 Å². The molecule has 3 saturated heterocycles. The number of carbonyl (C=O) groups is 2. The van der Waals surface area contributed by atoms with Gasteiger partial charge in [0.25, 0.3) is 0 Å². The predicted octanol–water partition coefficient (Wildman–Crippen LogP) is 4.23. The molecule has 13 heteroatoms. The Kier molecular flexibility index (Phi) is 10.4. The summed E-state index contributed by atoms with van der Waals surface area (Å²) in [5, 5.41) is 18.4. The van der Waals surface area contributed by atoms with Gasteiger partial charge in [-0.2, -0.15) is 4.31 Å². The fourth-order valence-corrected chi connectivity index (χ4v) is 9.13. The third kappa shape index (κ3) is 8.00. The van der Waals surface area contributed by atoms with Gasteiger partial charge in [0, 0.05) is 42.3 Å². The molecule has 246 valence electrons. The maximum absolute atomic E-state index is 15.3. The van der Waals surface area contributed by atoms with Gasteiger partial charge in [0.2, 0.25) is 15.9 Å². The van der Waals surface area contributed by atoms with E-state index in [2.05, 4.69) is 16.0 Å². The fourth-order valence-electron chi connectivity index (χ4n) is 7.32. The lowest BCUT2D eigenvalue weighted by Crippen LogP contribution is -2.57. The fraction of sp³-hybridized carbons (Fsp3) is 0.562. The highest BCUT2D eigenvalue weighted by molar-refractivity contribution is 7.89. The van der Waals surface area contributed by atoms with Crippen LogP contribution >= 0.6 is 0 Å². The minimum Gasteiger partial charge on any atom is -0.465 e. The van der Waals surface area contributed by atoms with Gasteiger partial charge in [-0.1, -0.05) is 18.2 Å². The first-order chi connectivity index (χ1) is 21.4. The highest BCUT2D eigenvalue weighted by atomic mass is 32.2. The Morgan fingerprint density at radius 1 is 1.11 bits per heavy atom. The molecule has 0 aromatic heterocycles. The number of piperazine rings is 1. The van der Waals surface area contributed by atoms with Crippen LogP contribution in [0.25, 0.3) is 0 Å². The quantitative estimate of drug-likeness (QED) is 0.320. The molecular weight excluding hydrogens is 606 g/mol. The first-order valence-electron chi connectivity index (χ1n) is 15.6. The lowest BCUT2D eigenvalue weighted by molar-refractivity contribution is -0.120. The summed E-state index contributed by atoms with van der Waals surface area (Å²) in [6, 6.07) is 8.41. The third-order valence-electron chi connectivity index (χ3n) is 9.28. The van der Waals surface area contributed by atoms with Crippen molar-refractivity contribution in [3.8, 4) is 0 Å². The van der Waals surface area contributed by atoms with Crippen LogP contribution < -0.4 is 16.0 Å². The number of fused-ring (bicyclic) bond motifs is 2. The lowest BCUT2D eigenvalue weighted by atomic mass is 9.74. The van der Waals surface area contributed by atoms with Crippen LogP contribution in [0.4, 0.5) is 19.3 Å². The maximum atomic E-state index is 15.3. The normalized spacial score (nSPS) is 29.2. The Balaban J connectivity index is 1.41. The van der Waals surface area contributed by atoms with E-state index in [1.54, 1.807) is 18.2 Å². The maximum Gasteiger partial charge on any atom is 0.405 e. The predicted molar refractivity (Wildman–Crippen MR) is 165 cm³/mol. The van der Waals surface area contributed by atoms with Gasteiger partial charge in [-0.05, 0) is 88.1 Å². The Morgan fingerprint density at radius 2 is 1.82 bits per heavy atom. The number of nitrogens with one attached hydrogen (secondary N) is 3. The highest BCUT2D eigenvalue weighted by Gasteiger charge is 2.41. The summed E-state index contributed by atoms with van der Waals surface area (Å²) in [7, 11) is -3.43. The first-order valence-corrected chi connectivity index (χ1v) is 17.2. The number of sulfonamides is 1. The number of carboxylic acid groups (broad SMARTS) is 1. The zero-order valence-electron chi connectivity index (χ0n) is 25.5. The van der Waals surface area contributed by atoms with E-state index in [9.17, 15) is 27.5 Å². The van der Waals surface area contributed by atoms with Crippen molar-refractivity contribution in [1.82, 2.24) is 14.9 Å². The minimum absolute atomic E-state index is 0.0839. The van der Waals surface area contributed by atoms with Crippen molar-refractivity contribution in [2.45, 2.75) is 88.6 Å². The first kappa shape index (κ1) is 33.2. The Hall–Kier alpha value is -3.13. The van der Waals surface area contributed by atoms with Crippen LogP contribution in [0.5, 0.6) is 0 Å². The summed E-state index contributed by atoms with van der Waals surface area (Å²) in [5.74, 6) is -2.45. The van der Waals surface area contributed by atoms with Crippen LogP contribution in [-0.2, 0) is 26.0 Å². The summed E-state index contributed by atoms with van der Waals surface area (Å²) < 4.78 is 62.5. The molecule has 2 unspecified atom stereocenters. The number of anilines is 1. The van der Waals surface area contributed by atoms with Crippen LogP contribution in [0.1, 0.15) is 63.0 Å². The van der Waals surface area contributed by atoms with E-state index < -0.39 is 45.6 Å². The van der Waals surface area contributed by atoms with Crippen LogP contribution in [0, 0.1) is 17.6 Å². The van der Waals surface area contributed by atoms with Gasteiger partial charge in [0.05, 0.1) is 18.0 Å². The molecule has 3 fully saturated rings. The molecule has 10 nitrogen and oxygen atoms in total. The average Bonchev–Trinajstić information content (AvgIpc) is 3.08. The summed E-state index contributed by atoms with van der Waals surface area (Å²) in [6.07, 6.45) is 1.28. The topological polar surface area (TPSA) is 137 Å². The number of carbonyl (C=O) groups excluding carboxylic acids is 1. The van der Waals surface area contributed by atoms with Crippen LogP contribution in [0.15, 0.2) is 42.5 Å². The van der Waals surface area contributed by atoms with Crippen molar-refractivity contribution in [3.05, 3.63) is 65.2 Å². The number of nitrogens with zero attached hydrogens (tertiary/aromatic N) is 1. The van der Waals surface area contributed by atoms with E-state index in [1.165, 1.54) is 28.6 Å². The Labute approximate surface area is 263 Å². The number of ether oxygens (including phenoxy) is 1. The smallest absolute Gasteiger partial charge is 0.405 e. The molecule has 3 aliphatic heterocycles. The van der Waals surface area contributed by atoms with Gasteiger partial charge >= 0.3 is 6.09 Å². The van der Waals surface area contributed by atoms with Gasteiger partial charge in [-0.25, -0.2) is 22.0 Å². The summed E-state index contributed by atoms with van der Waals surface area (Å²) in [5.41, 5.74) is 0.989. The third-order valence-corrected chi connectivity index (χ3v) is 11.2. The van der Waals surface area contributed by atoms with Crippen molar-refractivity contribution in [2.24, 2.45) is 5.92 Å².